The summed E-state index contributed by atoms with van der Waals surface area (Å²) in [5.74, 6) is 0.328. The average molecular weight is 231 g/mol. The van der Waals surface area contributed by atoms with Crippen LogP contribution in [0.3, 0.4) is 0 Å². The van der Waals surface area contributed by atoms with Gasteiger partial charge in [-0.25, -0.2) is 4.79 Å². The van der Waals surface area contributed by atoms with E-state index in [1.165, 1.54) is 7.11 Å². The summed E-state index contributed by atoms with van der Waals surface area (Å²) >= 11 is 0. The number of ether oxygens (including phenoxy) is 2. The Morgan fingerprint density at radius 3 is 2.59 bits per heavy atom. The van der Waals surface area contributed by atoms with Crippen molar-refractivity contribution < 1.29 is 14.3 Å². The molecule has 0 saturated carbocycles. The Bertz CT molecular complexity index is 531. The van der Waals surface area contributed by atoms with E-state index in [0.29, 0.717) is 11.4 Å². The van der Waals surface area contributed by atoms with Crippen LogP contribution in [0.15, 0.2) is 42.6 Å². The molecule has 2 aromatic rings. The van der Waals surface area contributed by atoms with Crippen LogP contribution >= 0.6 is 0 Å². The predicted octanol–water partition coefficient (Wildman–Crippen LogP) is 2.27. The molecule has 2 rings (SSSR count). The quantitative estimate of drug-likeness (QED) is 0.761. The van der Waals surface area contributed by atoms with Gasteiger partial charge in [-0.3, -0.25) is 0 Å². The van der Waals surface area contributed by atoms with Crippen molar-refractivity contribution in [3.63, 3.8) is 0 Å². The third-order valence-electron chi connectivity index (χ3n) is 2.49. The van der Waals surface area contributed by atoms with Gasteiger partial charge in [0.1, 0.15) is 11.4 Å². The molecule has 0 aliphatic carbocycles. The van der Waals surface area contributed by atoms with E-state index in [1.54, 1.807) is 30.0 Å². The van der Waals surface area contributed by atoms with E-state index in [9.17, 15) is 4.79 Å². The third-order valence-corrected chi connectivity index (χ3v) is 2.49. The van der Waals surface area contributed by atoms with E-state index >= 15 is 0 Å². The van der Waals surface area contributed by atoms with Gasteiger partial charge in [-0.1, -0.05) is 12.1 Å². The van der Waals surface area contributed by atoms with E-state index < -0.39 is 0 Å². The summed E-state index contributed by atoms with van der Waals surface area (Å²) in [5.41, 5.74) is 1.28. The molecular formula is C13H13NO3. The van der Waals surface area contributed by atoms with Crippen LogP contribution in [0, 0.1) is 0 Å². The Kier molecular flexibility index (Phi) is 3.14. The van der Waals surface area contributed by atoms with Gasteiger partial charge in [0.25, 0.3) is 0 Å². The van der Waals surface area contributed by atoms with E-state index in [0.717, 1.165) is 5.69 Å². The first kappa shape index (κ1) is 11.3. The standard InChI is InChI=1S/C13H13NO3/c1-16-12-8-4-3-6-10(12)14-9-5-7-11(14)13(15)17-2/h3-9H,1-2H3. The minimum absolute atomic E-state index is 0.374. The minimum atomic E-state index is -0.374. The number of hydrogen-bond donors (Lipinski definition) is 0. The second-order valence-corrected chi connectivity index (χ2v) is 3.43. The largest absolute Gasteiger partial charge is 0.495 e. The number of carbonyl (C=O) groups is 1. The number of carbonyl (C=O) groups excluding carboxylic acids is 1. The van der Waals surface area contributed by atoms with Gasteiger partial charge < -0.3 is 14.0 Å². The fourth-order valence-corrected chi connectivity index (χ4v) is 1.69. The fraction of sp³-hybridized carbons (Fsp3) is 0.154. The lowest BCUT2D eigenvalue weighted by atomic mass is 10.3. The van der Waals surface area contributed by atoms with Crippen LogP contribution in [0.25, 0.3) is 5.69 Å². The van der Waals surface area contributed by atoms with Crippen molar-refractivity contribution in [2.75, 3.05) is 14.2 Å². The van der Waals surface area contributed by atoms with Crippen molar-refractivity contribution in [2.45, 2.75) is 0 Å². The lowest BCUT2D eigenvalue weighted by Gasteiger charge is -2.11. The van der Waals surface area contributed by atoms with Gasteiger partial charge in [-0.05, 0) is 24.3 Å². The number of aromatic nitrogens is 1. The van der Waals surface area contributed by atoms with Crippen LogP contribution in [0.1, 0.15) is 10.5 Å². The van der Waals surface area contributed by atoms with Crippen LogP contribution in [-0.4, -0.2) is 24.8 Å². The van der Waals surface area contributed by atoms with Crippen molar-refractivity contribution in [3.8, 4) is 11.4 Å². The molecule has 1 aromatic carbocycles. The Morgan fingerprint density at radius 2 is 1.88 bits per heavy atom. The maximum absolute atomic E-state index is 11.6. The first-order valence-electron chi connectivity index (χ1n) is 5.17. The van der Waals surface area contributed by atoms with E-state index in [4.69, 9.17) is 9.47 Å². The number of methoxy groups -OCH3 is 2. The number of hydrogen-bond acceptors (Lipinski definition) is 3. The highest BCUT2D eigenvalue weighted by Gasteiger charge is 2.14. The number of nitrogens with zero attached hydrogens (tertiary/aromatic N) is 1. The van der Waals surface area contributed by atoms with Gasteiger partial charge in [0.2, 0.25) is 0 Å². The molecule has 0 aliphatic rings. The smallest absolute Gasteiger partial charge is 0.355 e. The van der Waals surface area contributed by atoms with Crippen molar-refractivity contribution in [3.05, 3.63) is 48.3 Å². The molecule has 1 aromatic heterocycles. The lowest BCUT2D eigenvalue weighted by molar-refractivity contribution is 0.0591. The van der Waals surface area contributed by atoms with E-state index in [2.05, 4.69) is 0 Å². The highest BCUT2D eigenvalue weighted by Crippen LogP contribution is 2.24. The van der Waals surface area contributed by atoms with E-state index in [-0.39, 0.29) is 5.97 Å². The highest BCUT2D eigenvalue weighted by molar-refractivity contribution is 5.88. The molecule has 1 heterocycles. The second kappa shape index (κ2) is 4.74. The molecule has 0 aliphatic heterocycles. The Hall–Kier alpha value is -2.23. The summed E-state index contributed by atoms with van der Waals surface area (Å²) in [4.78, 5) is 11.6. The zero-order chi connectivity index (χ0) is 12.3. The first-order chi connectivity index (χ1) is 8.27. The summed E-state index contributed by atoms with van der Waals surface area (Å²) in [6.45, 7) is 0. The second-order valence-electron chi connectivity index (χ2n) is 3.43. The minimum Gasteiger partial charge on any atom is -0.495 e. The van der Waals surface area contributed by atoms with Crippen LogP contribution in [0.5, 0.6) is 5.75 Å². The Labute approximate surface area is 99.4 Å². The molecule has 0 N–H and O–H groups in total. The molecule has 17 heavy (non-hydrogen) atoms. The monoisotopic (exact) mass is 231 g/mol. The van der Waals surface area contributed by atoms with Crippen molar-refractivity contribution in [1.29, 1.82) is 0 Å². The topological polar surface area (TPSA) is 40.5 Å². The summed E-state index contributed by atoms with van der Waals surface area (Å²) in [5, 5.41) is 0. The summed E-state index contributed by atoms with van der Waals surface area (Å²) in [6.07, 6.45) is 1.80. The fourth-order valence-electron chi connectivity index (χ4n) is 1.69. The van der Waals surface area contributed by atoms with Gasteiger partial charge >= 0.3 is 5.97 Å². The lowest BCUT2D eigenvalue weighted by Crippen LogP contribution is -2.09. The average Bonchev–Trinajstić information content (AvgIpc) is 2.86. The van der Waals surface area contributed by atoms with Crippen LogP contribution in [0.4, 0.5) is 0 Å². The van der Waals surface area contributed by atoms with E-state index in [1.807, 2.05) is 24.3 Å². The predicted molar refractivity (Wildman–Crippen MR) is 63.7 cm³/mol. The maximum atomic E-state index is 11.6. The summed E-state index contributed by atoms with van der Waals surface area (Å²) in [6, 6.07) is 11.0. The van der Waals surface area contributed by atoms with Crippen LogP contribution in [-0.2, 0) is 4.74 Å². The number of esters is 1. The third kappa shape index (κ3) is 2.01. The molecule has 4 heteroatoms. The number of benzene rings is 1. The van der Waals surface area contributed by atoms with Gasteiger partial charge in [0, 0.05) is 6.20 Å². The summed E-state index contributed by atoms with van der Waals surface area (Å²) in [7, 11) is 2.96. The Balaban J connectivity index is 2.53. The number of para-hydroxylation sites is 2. The highest BCUT2D eigenvalue weighted by atomic mass is 16.5. The maximum Gasteiger partial charge on any atom is 0.355 e. The molecule has 0 atom stereocenters. The first-order valence-corrected chi connectivity index (χ1v) is 5.17. The molecule has 4 nitrogen and oxygen atoms in total. The van der Waals surface area contributed by atoms with Crippen LogP contribution in [0.2, 0.25) is 0 Å². The van der Waals surface area contributed by atoms with Gasteiger partial charge in [0.15, 0.2) is 0 Å². The van der Waals surface area contributed by atoms with Gasteiger partial charge in [0.05, 0.1) is 19.9 Å². The summed E-state index contributed by atoms with van der Waals surface area (Å²) < 4.78 is 11.7. The molecule has 0 amide bonds. The van der Waals surface area contributed by atoms with Gasteiger partial charge in [-0.15, -0.1) is 0 Å². The molecule has 0 saturated heterocycles. The van der Waals surface area contributed by atoms with Crippen molar-refractivity contribution in [2.24, 2.45) is 0 Å². The zero-order valence-corrected chi connectivity index (χ0v) is 9.71. The van der Waals surface area contributed by atoms with Crippen molar-refractivity contribution >= 4 is 5.97 Å². The zero-order valence-electron chi connectivity index (χ0n) is 9.71. The molecule has 0 fully saturated rings. The van der Waals surface area contributed by atoms with Crippen molar-refractivity contribution in [1.82, 2.24) is 4.57 Å². The molecule has 0 bridgehead atoms. The van der Waals surface area contributed by atoms with Gasteiger partial charge in [-0.2, -0.15) is 0 Å². The molecule has 0 radical (unpaired) electrons. The molecule has 0 unspecified atom stereocenters. The number of rotatable bonds is 3. The molecular weight excluding hydrogens is 218 g/mol. The molecule has 88 valence electrons. The normalized spacial score (nSPS) is 10.0. The molecule has 0 spiro atoms. The SMILES string of the molecule is COC(=O)c1cccn1-c1ccccc1OC. The Morgan fingerprint density at radius 1 is 1.12 bits per heavy atom. The van der Waals surface area contributed by atoms with Crippen LogP contribution < -0.4 is 4.74 Å².